The predicted octanol–water partition coefficient (Wildman–Crippen LogP) is 3.57. The van der Waals surface area contributed by atoms with Crippen molar-refractivity contribution in [3.63, 3.8) is 0 Å². The Morgan fingerprint density at radius 2 is 1.76 bits per heavy atom. The molecule has 9 heteroatoms. The van der Waals surface area contributed by atoms with Crippen LogP contribution in [0.25, 0.3) is 0 Å². The molecule has 2 amide bonds. The molecule has 5 nitrogen and oxygen atoms in total. The van der Waals surface area contributed by atoms with Crippen LogP contribution in [0.4, 0.5) is 18.9 Å². The molecule has 132 valence electrons. The molecule has 2 aromatic rings. The summed E-state index contributed by atoms with van der Waals surface area (Å²) < 4.78 is 38.1. The summed E-state index contributed by atoms with van der Waals surface area (Å²) in [5, 5.41) is 4.41. The van der Waals surface area contributed by atoms with Crippen LogP contribution in [-0.4, -0.2) is 16.8 Å². The number of pyridine rings is 1. The fourth-order valence-corrected chi connectivity index (χ4v) is 2.14. The second-order valence-electron chi connectivity index (χ2n) is 5.12. The van der Waals surface area contributed by atoms with Gasteiger partial charge in [-0.25, -0.2) is 0 Å². The first-order chi connectivity index (χ1) is 11.7. The van der Waals surface area contributed by atoms with Crippen molar-refractivity contribution in [3.8, 4) is 0 Å². The number of carbonyl (C=O) groups excluding carboxylic acids is 2. The van der Waals surface area contributed by atoms with Crippen LogP contribution >= 0.6 is 11.6 Å². The van der Waals surface area contributed by atoms with Gasteiger partial charge in [-0.3, -0.25) is 14.6 Å². The first-order valence-corrected chi connectivity index (χ1v) is 7.45. The molecular formula is C16H13ClF3N3O2. The van der Waals surface area contributed by atoms with Crippen molar-refractivity contribution < 1.29 is 22.8 Å². The van der Waals surface area contributed by atoms with Gasteiger partial charge in [0, 0.05) is 12.4 Å². The Kier molecular flexibility index (Phi) is 5.63. The fourth-order valence-electron chi connectivity index (χ4n) is 1.97. The summed E-state index contributed by atoms with van der Waals surface area (Å²) in [5.74, 6) is -2.13. The van der Waals surface area contributed by atoms with Gasteiger partial charge in [0.15, 0.2) is 0 Å². The highest BCUT2D eigenvalue weighted by atomic mass is 35.5. The number of aromatic nitrogens is 1. The molecule has 0 radical (unpaired) electrons. The molecule has 2 N–H and O–H groups in total. The molecule has 1 aromatic heterocycles. The van der Waals surface area contributed by atoms with Crippen LogP contribution in [0.3, 0.4) is 0 Å². The van der Waals surface area contributed by atoms with Gasteiger partial charge in [0.25, 0.3) is 0 Å². The van der Waals surface area contributed by atoms with E-state index in [2.05, 4.69) is 15.6 Å². The number of carbonyl (C=O) groups is 2. The zero-order chi connectivity index (χ0) is 18.6. The lowest BCUT2D eigenvalue weighted by molar-refractivity contribution is -0.137. The van der Waals surface area contributed by atoms with Crippen LogP contribution in [-0.2, 0) is 15.8 Å². The maximum atomic E-state index is 12.7. The van der Waals surface area contributed by atoms with E-state index >= 15 is 0 Å². The molecule has 25 heavy (non-hydrogen) atoms. The lowest BCUT2D eigenvalue weighted by Gasteiger charge is -2.15. The maximum absolute atomic E-state index is 12.7. The number of hydrogen-bond acceptors (Lipinski definition) is 3. The Bertz CT molecular complexity index is 782. The maximum Gasteiger partial charge on any atom is 0.416 e. The third-order valence-corrected chi connectivity index (χ3v) is 3.63. The molecule has 1 atom stereocenters. The van der Waals surface area contributed by atoms with Crippen LogP contribution in [0.5, 0.6) is 0 Å². The zero-order valence-electron chi connectivity index (χ0n) is 12.9. The normalized spacial score (nSPS) is 12.4. The first-order valence-electron chi connectivity index (χ1n) is 7.07. The minimum Gasteiger partial charge on any atom is -0.341 e. The highest BCUT2D eigenvalue weighted by molar-refractivity contribution is 6.41. The molecule has 1 aromatic carbocycles. The zero-order valence-corrected chi connectivity index (χ0v) is 13.7. The number of anilines is 1. The van der Waals surface area contributed by atoms with E-state index in [1.807, 2.05) is 0 Å². The Labute approximate surface area is 146 Å². The molecule has 0 spiro atoms. The number of halogens is 4. The predicted molar refractivity (Wildman–Crippen MR) is 85.9 cm³/mol. The summed E-state index contributed by atoms with van der Waals surface area (Å²) in [6.45, 7) is 1.65. The van der Waals surface area contributed by atoms with Crippen LogP contribution in [0.1, 0.15) is 24.1 Å². The van der Waals surface area contributed by atoms with Crippen molar-refractivity contribution in [2.24, 2.45) is 0 Å². The van der Waals surface area contributed by atoms with Gasteiger partial charge in [-0.1, -0.05) is 11.6 Å². The lowest BCUT2D eigenvalue weighted by Crippen LogP contribution is -2.37. The third kappa shape index (κ3) is 4.93. The third-order valence-electron chi connectivity index (χ3n) is 3.30. The van der Waals surface area contributed by atoms with E-state index in [0.717, 1.165) is 12.1 Å². The number of alkyl halides is 3. The van der Waals surface area contributed by atoms with Gasteiger partial charge in [0.2, 0.25) is 0 Å². The van der Waals surface area contributed by atoms with Crippen molar-refractivity contribution in [2.45, 2.75) is 19.1 Å². The molecule has 1 heterocycles. The van der Waals surface area contributed by atoms with Crippen LogP contribution in [0.15, 0.2) is 42.7 Å². The Morgan fingerprint density at radius 1 is 1.12 bits per heavy atom. The van der Waals surface area contributed by atoms with Gasteiger partial charge >= 0.3 is 18.0 Å². The number of amides is 2. The van der Waals surface area contributed by atoms with Crippen LogP contribution in [0, 0.1) is 0 Å². The number of benzene rings is 1. The van der Waals surface area contributed by atoms with E-state index in [4.69, 9.17) is 11.6 Å². The van der Waals surface area contributed by atoms with E-state index < -0.39 is 29.6 Å². The summed E-state index contributed by atoms with van der Waals surface area (Å²) in [6.07, 6.45) is -1.54. The fraction of sp³-hybridized carbons (Fsp3) is 0.188. The van der Waals surface area contributed by atoms with Crippen molar-refractivity contribution in [1.82, 2.24) is 10.3 Å². The standard InChI is InChI=1S/C16H13ClF3N3O2/c1-9(10-4-6-21-7-5-10)22-14(24)15(25)23-13-8-11(16(18,19)20)2-3-12(13)17/h2-9H,1H3,(H,22,24)(H,23,25). The average Bonchev–Trinajstić information content (AvgIpc) is 2.56. The van der Waals surface area contributed by atoms with Crippen LogP contribution in [0.2, 0.25) is 5.02 Å². The molecular weight excluding hydrogens is 359 g/mol. The average molecular weight is 372 g/mol. The Balaban J connectivity index is 2.08. The number of hydrogen-bond donors (Lipinski definition) is 2. The van der Waals surface area contributed by atoms with Gasteiger partial charge in [-0.2, -0.15) is 13.2 Å². The molecule has 0 aliphatic rings. The molecule has 0 aliphatic carbocycles. The van der Waals surface area contributed by atoms with Gasteiger partial charge < -0.3 is 10.6 Å². The van der Waals surface area contributed by atoms with Gasteiger partial charge in [-0.05, 0) is 42.8 Å². The van der Waals surface area contributed by atoms with E-state index in [1.165, 1.54) is 12.4 Å². The molecule has 0 saturated carbocycles. The van der Waals surface area contributed by atoms with E-state index in [-0.39, 0.29) is 10.7 Å². The quantitative estimate of drug-likeness (QED) is 0.810. The number of rotatable bonds is 3. The highest BCUT2D eigenvalue weighted by Crippen LogP contribution is 2.33. The Hall–Kier alpha value is -2.61. The smallest absolute Gasteiger partial charge is 0.341 e. The first kappa shape index (κ1) is 18.7. The highest BCUT2D eigenvalue weighted by Gasteiger charge is 2.31. The van der Waals surface area contributed by atoms with E-state index in [1.54, 1.807) is 19.1 Å². The minimum absolute atomic E-state index is 0.115. The number of nitrogens with one attached hydrogen (secondary N) is 2. The lowest BCUT2D eigenvalue weighted by atomic mass is 10.1. The Morgan fingerprint density at radius 3 is 2.36 bits per heavy atom. The van der Waals surface area contributed by atoms with Crippen LogP contribution < -0.4 is 10.6 Å². The summed E-state index contributed by atoms with van der Waals surface area (Å²) >= 11 is 5.78. The van der Waals surface area contributed by atoms with Crippen molar-refractivity contribution in [1.29, 1.82) is 0 Å². The topological polar surface area (TPSA) is 71.1 Å². The summed E-state index contributed by atoms with van der Waals surface area (Å²) in [5.41, 5.74) is -0.570. The summed E-state index contributed by atoms with van der Waals surface area (Å²) in [4.78, 5) is 27.7. The van der Waals surface area contributed by atoms with E-state index in [9.17, 15) is 22.8 Å². The number of nitrogens with zero attached hydrogens (tertiary/aromatic N) is 1. The summed E-state index contributed by atoms with van der Waals surface area (Å²) in [7, 11) is 0. The van der Waals surface area contributed by atoms with Gasteiger partial charge in [-0.15, -0.1) is 0 Å². The largest absolute Gasteiger partial charge is 0.416 e. The minimum atomic E-state index is -4.60. The SMILES string of the molecule is CC(NC(=O)C(=O)Nc1cc(C(F)(F)F)ccc1Cl)c1ccncc1. The molecule has 0 fully saturated rings. The summed E-state index contributed by atoms with van der Waals surface area (Å²) in [6, 6.07) is 5.28. The second kappa shape index (κ2) is 7.52. The van der Waals surface area contributed by atoms with Gasteiger partial charge in [0.05, 0.1) is 22.3 Å². The molecule has 2 rings (SSSR count). The van der Waals surface area contributed by atoms with Crippen molar-refractivity contribution in [2.75, 3.05) is 5.32 Å². The molecule has 1 unspecified atom stereocenters. The molecule has 0 saturated heterocycles. The molecule has 0 bridgehead atoms. The monoisotopic (exact) mass is 371 g/mol. The van der Waals surface area contributed by atoms with Gasteiger partial charge in [0.1, 0.15) is 0 Å². The van der Waals surface area contributed by atoms with E-state index in [0.29, 0.717) is 11.6 Å². The molecule has 0 aliphatic heterocycles. The van der Waals surface area contributed by atoms with Crippen molar-refractivity contribution in [3.05, 3.63) is 58.9 Å². The second-order valence-corrected chi connectivity index (χ2v) is 5.53. The van der Waals surface area contributed by atoms with Crippen molar-refractivity contribution >= 4 is 29.1 Å².